The van der Waals surface area contributed by atoms with Crippen LogP contribution in [0.5, 0.6) is 0 Å². The van der Waals surface area contributed by atoms with Crippen molar-refractivity contribution in [3.63, 3.8) is 0 Å². The van der Waals surface area contributed by atoms with Crippen LogP contribution in [0.15, 0.2) is 23.1 Å². The second-order valence-corrected chi connectivity index (χ2v) is 6.14. The van der Waals surface area contributed by atoms with Gasteiger partial charge in [0.15, 0.2) is 0 Å². The summed E-state index contributed by atoms with van der Waals surface area (Å²) in [4.78, 5) is 12.9. The summed E-state index contributed by atoms with van der Waals surface area (Å²) in [6.07, 6.45) is 0.601. The van der Waals surface area contributed by atoms with Crippen molar-refractivity contribution in [2.45, 2.75) is 44.6 Å². The maximum atomic E-state index is 11.7. The highest BCUT2D eigenvalue weighted by Gasteiger charge is 2.29. The number of esters is 1. The van der Waals surface area contributed by atoms with E-state index in [0.29, 0.717) is 13.0 Å². The number of carbonyl (C=O) groups is 1. The van der Waals surface area contributed by atoms with Gasteiger partial charge in [-0.25, -0.2) is 0 Å². The van der Waals surface area contributed by atoms with Crippen LogP contribution in [0.4, 0.5) is 0 Å². The lowest BCUT2D eigenvalue weighted by Gasteiger charge is -2.22. The Kier molecular flexibility index (Phi) is 5.88. The SMILES string of the molecule is CCOC(=O)C(C)(N)CCSc1ccc(C)cc1C. The summed E-state index contributed by atoms with van der Waals surface area (Å²) in [6, 6.07) is 6.38. The summed E-state index contributed by atoms with van der Waals surface area (Å²) >= 11 is 1.73. The molecule has 0 spiro atoms. The molecule has 1 rings (SSSR count). The van der Waals surface area contributed by atoms with Crippen LogP contribution in [0.2, 0.25) is 0 Å². The largest absolute Gasteiger partial charge is 0.465 e. The summed E-state index contributed by atoms with van der Waals surface area (Å²) in [5.41, 5.74) is 7.61. The normalized spacial score (nSPS) is 13.9. The maximum absolute atomic E-state index is 11.7. The van der Waals surface area contributed by atoms with Crippen LogP contribution in [0.3, 0.4) is 0 Å². The van der Waals surface area contributed by atoms with Crippen molar-refractivity contribution in [1.82, 2.24) is 0 Å². The Morgan fingerprint density at radius 3 is 2.68 bits per heavy atom. The molecule has 0 amide bonds. The number of thioether (sulfide) groups is 1. The van der Waals surface area contributed by atoms with Gasteiger partial charge in [-0.2, -0.15) is 0 Å². The zero-order valence-corrected chi connectivity index (χ0v) is 13.0. The number of rotatable bonds is 6. The van der Waals surface area contributed by atoms with Gasteiger partial charge in [-0.1, -0.05) is 17.7 Å². The standard InChI is InChI=1S/C15H23NO2S/c1-5-18-14(17)15(4,16)8-9-19-13-7-6-11(2)10-12(13)3/h6-7,10H,5,8-9,16H2,1-4H3. The topological polar surface area (TPSA) is 52.3 Å². The molecule has 0 saturated heterocycles. The first kappa shape index (κ1) is 16.1. The highest BCUT2D eigenvalue weighted by atomic mass is 32.2. The van der Waals surface area contributed by atoms with Crippen molar-refractivity contribution in [3.8, 4) is 0 Å². The molecule has 0 aliphatic rings. The molecular weight excluding hydrogens is 258 g/mol. The Hall–Kier alpha value is -1.00. The third kappa shape index (κ3) is 4.88. The van der Waals surface area contributed by atoms with Gasteiger partial charge < -0.3 is 10.5 Å². The fraction of sp³-hybridized carbons (Fsp3) is 0.533. The first-order valence-electron chi connectivity index (χ1n) is 6.53. The molecule has 4 heteroatoms. The van der Waals surface area contributed by atoms with Crippen LogP contribution < -0.4 is 5.73 Å². The van der Waals surface area contributed by atoms with Gasteiger partial charge >= 0.3 is 5.97 Å². The number of hydrogen-bond acceptors (Lipinski definition) is 4. The molecule has 0 saturated carbocycles. The zero-order valence-electron chi connectivity index (χ0n) is 12.2. The van der Waals surface area contributed by atoms with Gasteiger partial charge in [-0.15, -0.1) is 11.8 Å². The quantitative estimate of drug-likeness (QED) is 0.643. The molecule has 0 aromatic heterocycles. The van der Waals surface area contributed by atoms with Crippen LogP contribution in [0.1, 0.15) is 31.4 Å². The minimum absolute atomic E-state index is 0.323. The molecule has 1 aromatic carbocycles. The van der Waals surface area contributed by atoms with E-state index in [1.54, 1.807) is 25.6 Å². The van der Waals surface area contributed by atoms with Crippen molar-refractivity contribution in [3.05, 3.63) is 29.3 Å². The molecule has 0 aliphatic carbocycles. The first-order valence-corrected chi connectivity index (χ1v) is 7.51. The summed E-state index contributed by atoms with van der Waals surface area (Å²) in [7, 11) is 0. The number of aryl methyl sites for hydroxylation is 2. The third-order valence-corrected chi connectivity index (χ3v) is 4.13. The van der Waals surface area contributed by atoms with E-state index in [0.717, 1.165) is 5.75 Å². The smallest absolute Gasteiger partial charge is 0.325 e. The molecule has 106 valence electrons. The third-order valence-electron chi connectivity index (χ3n) is 2.95. The first-order chi connectivity index (χ1) is 8.86. The minimum atomic E-state index is -0.901. The molecule has 0 fully saturated rings. The van der Waals surface area contributed by atoms with Crippen molar-refractivity contribution in [2.24, 2.45) is 5.73 Å². The highest BCUT2D eigenvalue weighted by Crippen LogP contribution is 2.25. The number of ether oxygens (including phenoxy) is 1. The number of carbonyl (C=O) groups excluding carboxylic acids is 1. The van der Waals surface area contributed by atoms with E-state index in [9.17, 15) is 4.79 Å². The van der Waals surface area contributed by atoms with Gasteiger partial charge in [0.2, 0.25) is 0 Å². The van der Waals surface area contributed by atoms with Crippen molar-refractivity contribution < 1.29 is 9.53 Å². The lowest BCUT2D eigenvalue weighted by atomic mass is 10.0. The minimum Gasteiger partial charge on any atom is -0.465 e. The monoisotopic (exact) mass is 281 g/mol. The Labute approximate surface area is 119 Å². The summed E-state index contributed by atoms with van der Waals surface area (Å²) in [6.45, 7) is 8.07. The molecule has 1 aromatic rings. The van der Waals surface area contributed by atoms with E-state index in [2.05, 4.69) is 32.0 Å². The molecule has 1 unspecified atom stereocenters. The van der Waals surface area contributed by atoms with Gasteiger partial charge in [-0.05, 0) is 45.7 Å². The van der Waals surface area contributed by atoms with Gasteiger partial charge in [0, 0.05) is 10.6 Å². The lowest BCUT2D eigenvalue weighted by Crippen LogP contribution is -2.46. The molecule has 0 radical (unpaired) electrons. The fourth-order valence-corrected chi connectivity index (χ4v) is 2.93. The molecule has 0 bridgehead atoms. The Morgan fingerprint density at radius 2 is 2.11 bits per heavy atom. The molecular formula is C15H23NO2S. The van der Waals surface area contributed by atoms with Crippen LogP contribution in [-0.2, 0) is 9.53 Å². The highest BCUT2D eigenvalue weighted by molar-refractivity contribution is 7.99. The Bertz CT molecular complexity index is 444. The molecule has 3 nitrogen and oxygen atoms in total. The molecule has 0 aliphatic heterocycles. The lowest BCUT2D eigenvalue weighted by molar-refractivity contribution is -0.149. The average molecular weight is 281 g/mol. The molecule has 2 N–H and O–H groups in total. The number of hydrogen-bond donors (Lipinski definition) is 1. The van der Waals surface area contributed by atoms with Gasteiger partial charge in [0.1, 0.15) is 5.54 Å². The molecule has 1 atom stereocenters. The van der Waals surface area contributed by atoms with Crippen LogP contribution >= 0.6 is 11.8 Å². The number of nitrogens with two attached hydrogens (primary N) is 1. The molecule has 0 heterocycles. The maximum Gasteiger partial charge on any atom is 0.325 e. The Morgan fingerprint density at radius 1 is 1.42 bits per heavy atom. The second-order valence-electron chi connectivity index (χ2n) is 5.01. The van der Waals surface area contributed by atoms with E-state index in [1.807, 2.05) is 0 Å². The summed E-state index contributed by atoms with van der Waals surface area (Å²) in [5, 5.41) is 0. The van der Waals surface area contributed by atoms with Crippen molar-refractivity contribution >= 4 is 17.7 Å². The van der Waals surface area contributed by atoms with Gasteiger partial charge in [0.05, 0.1) is 6.61 Å². The predicted octanol–water partition coefficient (Wildman–Crippen LogP) is 3.07. The Balaban J connectivity index is 2.51. The number of benzene rings is 1. The predicted molar refractivity (Wildman–Crippen MR) is 80.5 cm³/mol. The second kappa shape index (κ2) is 6.96. The zero-order chi connectivity index (χ0) is 14.5. The average Bonchev–Trinajstić information content (AvgIpc) is 2.32. The molecule has 19 heavy (non-hydrogen) atoms. The fourth-order valence-electron chi connectivity index (χ4n) is 1.73. The van der Waals surface area contributed by atoms with Crippen LogP contribution in [0.25, 0.3) is 0 Å². The van der Waals surface area contributed by atoms with Crippen LogP contribution in [-0.4, -0.2) is 23.9 Å². The van der Waals surface area contributed by atoms with Crippen LogP contribution in [0, 0.1) is 13.8 Å². The van der Waals surface area contributed by atoms with Crippen molar-refractivity contribution in [2.75, 3.05) is 12.4 Å². The van der Waals surface area contributed by atoms with E-state index in [4.69, 9.17) is 10.5 Å². The van der Waals surface area contributed by atoms with E-state index >= 15 is 0 Å². The van der Waals surface area contributed by atoms with Crippen molar-refractivity contribution in [1.29, 1.82) is 0 Å². The van der Waals surface area contributed by atoms with E-state index < -0.39 is 5.54 Å². The van der Waals surface area contributed by atoms with Gasteiger partial charge in [-0.3, -0.25) is 4.79 Å². The van der Waals surface area contributed by atoms with E-state index in [-0.39, 0.29) is 5.97 Å². The van der Waals surface area contributed by atoms with Gasteiger partial charge in [0.25, 0.3) is 0 Å². The summed E-state index contributed by atoms with van der Waals surface area (Å²) < 4.78 is 4.98. The van der Waals surface area contributed by atoms with E-state index in [1.165, 1.54) is 16.0 Å². The summed E-state index contributed by atoms with van der Waals surface area (Å²) in [5.74, 6) is 0.478.